The Kier molecular flexibility index (Phi) is 3.92. The van der Waals surface area contributed by atoms with Crippen molar-refractivity contribution in [2.24, 2.45) is 5.14 Å². The molecule has 110 valence electrons. The third-order valence-electron chi connectivity index (χ3n) is 2.74. The topological polar surface area (TPSA) is 122 Å². The lowest BCUT2D eigenvalue weighted by Crippen LogP contribution is -2.21. The number of aryl methyl sites for hydroxylation is 1. The van der Waals surface area contributed by atoms with Crippen molar-refractivity contribution in [3.8, 4) is 0 Å². The molecule has 4 N–H and O–H groups in total. The van der Waals surface area contributed by atoms with Gasteiger partial charge in [-0.05, 0) is 31.2 Å². The molecule has 0 fully saturated rings. The Morgan fingerprint density at radius 2 is 1.86 bits per heavy atom. The molecule has 0 saturated carbocycles. The summed E-state index contributed by atoms with van der Waals surface area (Å²) in [5, 5.41) is 7.48. The standard InChI is InChI=1S/C13H13N3O4S/c1-8-6-12(17)11(7-15-8)13(18)16-9-2-4-10(5-3-9)21(14,19)20/h2-7H,1H3,(H,15,17)(H,16,18)(H2,14,19,20). The molecular weight excluding hydrogens is 294 g/mol. The van der Waals surface area contributed by atoms with E-state index in [1.807, 2.05) is 0 Å². The summed E-state index contributed by atoms with van der Waals surface area (Å²) in [4.78, 5) is 26.4. The average Bonchev–Trinajstić information content (AvgIpc) is 2.38. The molecule has 0 aliphatic heterocycles. The normalized spacial score (nSPS) is 11.1. The molecule has 0 radical (unpaired) electrons. The molecule has 0 unspecified atom stereocenters. The Hall–Kier alpha value is -2.45. The first-order valence-corrected chi connectivity index (χ1v) is 7.45. The number of H-pyrrole nitrogens is 1. The van der Waals surface area contributed by atoms with Gasteiger partial charge < -0.3 is 10.3 Å². The highest BCUT2D eigenvalue weighted by atomic mass is 32.2. The number of pyridine rings is 1. The lowest BCUT2D eigenvalue weighted by Gasteiger charge is -2.06. The van der Waals surface area contributed by atoms with Gasteiger partial charge in [0.2, 0.25) is 10.0 Å². The van der Waals surface area contributed by atoms with Crippen molar-refractivity contribution in [2.45, 2.75) is 11.8 Å². The Morgan fingerprint density at radius 3 is 2.38 bits per heavy atom. The number of nitrogens with two attached hydrogens (primary N) is 1. The van der Waals surface area contributed by atoms with Gasteiger partial charge in [0.1, 0.15) is 5.56 Å². The Morgan fingerprint density at radius 1 is 1.24 bits per heavy atom. The van der Waals surface area contributed by atoms with Gasteiger partial charge >= 0.3 is 0 Å². The predicted molar refractivity (Wildman–Crippen MR) is 77.6 cm³/mol. The first-order chi connectivity index (χ1) is 9.77. The van der Waals surface area contributed by atoms with E-state index in [1.54, 1.807) is 6.92 Å². The first-order valence-electron chi connectivity index (χ1n) is 5.91. The number of aromatic nitrogens is 1. The second-order valence-electron chi connectivity index (χ2n) is 4.42. The number of nitrogens with one attached hydrogen (secondary N) is 2. The number of anilines is 1. The van der Waals surface area contributed by atoms with Gasteiger partial charge in [-0.2, -0.15) is 0 Å². The Balaban J connectivity index is 2.22. The summed E-state index contributed by atoms with van der Waals surface area (Å²) in [5.41, 5.74) is 0.572. The summed E-state index contributed by atoms with van der Waals surface area (Å²) in [6.45, 7) is 1.70. The Bertz CT molecular complexity index is 838. The van der Waals surface area contributed by atoms with Crippen LogP contribution in [0.3, 0.4) is 0 Å². The maximum atomic E-state index is 12.0. The van der Waals surface area contributed by atoms with Crippen LogP contribution in [0.1, 0.15) is 16.1 Å². The lowest BCUT2D eigenvalue weighted by atomic mass is 10.2. The van der Waals surface area contributed by atoms with Gasteiger partial charge in [0.05, 0.1) is 4.90 Å². The number of primary sulfonamides is 1. The van der Waals surface area contributed by atoms with E-state index in [0.717, 1.165) is 0 Å². The number of carbonyl (C=O) groups excluding carboxylic acids is 1. The summed E-state index contributed by atoms with van der Waals surface area (Å²) in [6.07, 6.45) is 1.33. The van der Waals surface area contributed by atoms with Gasteiger partial charge in [-0.15, -0.1) is 0 Å². The van der Waals surface area contributed by atoms with E-state index in [2.05, 4.69) is 10.3 Å². The molecular formula is C13H13N3O4S. The van der Waals surface area contributed by atoms with Crippen LogP contribution in [-0.4, -0.2) is 19.3 Å². The van der Waals surface area contributed by atoms with E-state index in [9.17, 15) is 18.0 Å². The van der Waals surface area contributed by atoms with E-state index < -0.39 is 21.4 Å². The van der Waals surface area contributed by atoms with Crippen LogP contribution in [0.25, 0.3) is 0 Å². The Labute approximate surface area is 120 Å². The largest absolute Gasteiger partial charge is 0.364 e. The number of aromatic amines is 1. The molecule has 0 aliphatic carbocycles. The van der Waals surface area contributed by atoms with Gasteiger partial charge in [0.25, 0.3) is 5.91 Å². The minimum absolute atomic E-state index is 0.0314. The highest BCUT2D eigenvalue weighted by Crippen LogP contribution is 2.13. The SMILES string of the molecule is Cc1cc(=O)c(C(=O)Nc2ccc(S(N)(=O)=O)cc2)c[nH]1. The summed E-state index contributed by atoms with van der Waals surface area (Å²) >= 11 is 0. The minimum atomic E-state index is -3.78. The van der Waals surface area contributed by atoms with Crippen LogP contribution in [0.15, 0.2) is 46.2 Å². The van der Waals surface area contributed by atoms with Crippen molar-refractivity contribution in [1.29, 1.82) is 0 Å². The maximum absolute atomic E-state index is 12.0. The zero-order valence-corrected chi connectivity index (χ0v) is 11.9. The molecule has 0 aliphatic rings. The molecule has 2 rings (SSSR count). The van der Waals surface area contributed by atoms with Gasteiger partial charge in [-0.3, -0.25) is 9.59 Å². The molecule has 1 amide bonds. The number of hydrogen-bond donors (Lipinski definition) is 3. The zero-order valence-electron chi connectivity index (χ0n) is 11.1. The number of hydrogen-bond acceptors (Lipinski definition) is 4. The molecule has 0 saturated heterocycles. The van der Waals surface area contributed by atoms with Gasteiger partial charge in [-0.25, -0.2) is 13.6 Å². The monoisotopic (exact) mass is 307 g/mol. The summed E-state index contributed by atoms with van der Waals surface area (Å²) in [5.74, 6) is -0.584. The molecule has 0 bridgehead atoms. The van der Waals surface area contributed by atoms with E-state index in [-0.39, 0.29) is 10.5 Å². The molecule has 0 spiro atoms. The van der Waals surface area contributed by atoms with E-state index in [0.29, 0.717) is 11.4 Å². The van der Waals surface area contributed by atoms with Crippen LogP contribution in [0.2, 0.25) is 0 Å². The van der Waals surface area contributed by atoms with Crippen molar-refractivity contribution in [1.82, 2.24) is 4.98 Å². The number of amides is 1. The quantitative estimate of drug-likeness (QED) is 0.767. The third kappa shape index (κ3) is 3.56. The predicted octanol–water partition coefficient (Wildman–Crippen LogP) is 0.583. The molecule has 1 aromatic heterocycles. The van der Waals surface area contributed by atoms with Crippen molar-refractivity contribution in [3.63, 3.8) is 0 Å². The lowest BCUT2D eigenvalue weighted by molar-refractivity contribution is 0.102. The second-order valence-corrected chi connectivity index (χ2v) is 5.98. The van der Waals surface area contributed by atoms with Crippen LogP contribution in [-0.2, 0) is 10.0 Å². The fourth-order valence-electron chi connectivity index (χ4n) is 1.68. The summed E-state index contributed by atoms with van der Waals surface area (Å²) in [7, 11) is -3.78. The smallest absolute Gasteiger partial charge is 0.261 e. The van der Waals surface area contributed by atoms with Gasteiger partial charge in [0.15, 0.2) is 5.43 Å². The van der Waals surface area contributed by atoms with Crippen molar-refractivity contribution in [2.75, 3.05) is 5.32 Å². The van der Waals surface area contributed by atoms with Crippen molar-refractivity contribution >= 4 is 21.6 Å². The maximum Gasteiger partial charge on any atom is 0.261 e. The zero-order chi connectivity index (χ0) is 15.6. The summed E-state index contributed by atoms with van der Waals surface area (Å²) in [6, 6.07) is 6.63. The fourth-order valence-corrected chi connectivity index (χ4v) is 2.19. The number of sulfonamides is 1. The van der Waals surface area contributed by atoms with Gasteiger partial charge in [0, 0.05) is 23.6 Å². The highest BCUT2D eigenvalue weighted by Gasteiger charge is 2.12. The summed E-state index contributed by atoms with van der Waals surface area (Å²) < 4.78 is 22.2. The number of benzene rings is 1. The molecule has 1 aromatic carbocycles. The number of rotatable bonds is 3. The van der Waals surface area contributed by atoms with Crippen LogP contribution >= 0.6 is 0 Å². The third-order valence-corrected chi connectivity index (χ3v) is 3.67. The van der Waals surface area contributed by atoms with Crippen LogP contribution < -0.4 is 15.9 Å². The molecule has 8 heteroatoms. The van der Waals surface area contributed by atoms with E-state index >= 15 is 0 Å². The minimum Gasteiger partial charge on any atom is -0.364 e. The van der Waals surface area contributed by atoms with Crippen molar-refractivity contribution < 1.29 is 13.2 Å². The molecule has 21 heavy (non-hydrogen) atoms. The van der Waals surface area contributed by atoms with E-state index in [4.69, 9.17) is 5.14 Å². The molecule has 0 atom stereocenters. The highest BCUT2D eigenvalue weighted by molar-refractivity contribution is 7.89. The first kappa shape index (κ1) is 14.9. The van der Waals surface area contributed by atoms with Crippen LogP contribution in [0.5, 0.6) is 0 Å². The number of carbonyl (C=O) groups is 1. The molecule has 1 heterocycles. The molecule has 2 aromatic rings. The van der Waals surface area contributed by atoms with E-state index in [1.165, 1.54) is 36.5 Å². The average molecular weight is 307 g/mol. The van der Waals surface area contributed by atoms with Gasteiger partial charge in [-0.1, -0.05) is 0 Å². The van der Waals surface area contributed by atoms with Crippen LogP contribution in [0.4, 0.5) is 5.69 Å². The van der Waals surface area contributed by atoms with Crippen LogP contribution in [0, 0.1) is 6.92 Å². The second kappa shape index (κ2) is 5.51. The fraction of sp³-hybridized carbons (Fsp3) is 0.0769. The molecule has 7 nitrogen and oxygen atoms in total. The van der Waals surface area contributed by atoms with Crippen molar-refractivity contribution in [3.05, 3.63) is 58.0 Å².